The van der Waals surface area contributed by atoms with Gasteiger partial charge in [0.05, 0.1) is 0 Å². The second kappa shape index (κ2) is 6.36. The monoisotopic (exact) mass is 240 g/mol. The molecule has 2 rings (SSSR count). The van der Waals surface area contributed by atoms with Gasteiger partial charge in [-0.05, 0) is 38.1 Å². The molecule has 2 atom stereocenters. The molecule has 4 heteroatoms. The Morgan fingerprint density at radius 1 is 1.41 bits per heavy atom. The molecule has 98 valence electrons. The van der Waals surface area contributed by atoms with Crippen molar-refractivity contribution in [2.24, 2.45) is 5.92 Å². The minimum atomic E-state index is -0.185. The number of ether oxygens (including phenoxy) is 1. The smallest absolute Gasteiger partial charge is 0.249 e. The van der Waals surface area contributed by atoms with E-state index in [1.807, 2.05) is 0 Å². The van der Waals surface area contributed by atoms with Gasteiger partial charge in [0.15, 0.2) is 0 Å². The summed E-state index contributed by atoms with van der Waals surface area (Å²) in [6, 6.07) is 0. The van der Waals surface area contributed by atoms with Crippen molar-refractivity contribution in [3.63, 3.8) is 0 Å². The van der Waals surface area contributed by atoms with Crippen molar-refractivity contribution in [2.75, 3.05) is 32.8 Å². The molecule has 2 aliphatic rings. The lowest BCUT2D eigenvalue weighted by Crippen LogP contribution is -2.42. The van der Waals surface area contributed by atoms with Crippen molar-refractivity contribution in [1.82, 2.24) is 10.2 Å². The zero-order chi connectivity index (χ0) is 12.1. The molecule has 17 heavy (non-hydrogen) atoms. The molecule has 1 N–H and O–H groups in total. The molecule has 4 nitrogen and oxygen atoms in total. The SMILES string of the molecule is C[C@@H]1CCCN(CCNC(=O)[C@@H]2CCCO2)C1. The summed E-state index contributed by atoms with van der Waals surface area (Å²) in [6.45, 7) is 7.13. The molecule has 0 unspecified atom stereocenters. The Kier molecular flexibility index (Phi) is 4.80. The summed E-state index contributed by atoms with van der Waals surface area (Å²) in [6.07, 6.45) is 4.35. The average Bonchev–Trinajstić information content (AvgIpc) is 2.82. The topological polar surface area (TPSA) is 41.6 Å². The van der Waals surface area contributed by atoms with Crippen LogP contribution in [-0.4, -0.2) is 49.7 Å². The second-order valence-corrected chi connectivity index (χ2v) is 5.34. The van der Waals surface area contributed by atoms with Crippen molar-refractivity contribution in [3.8, 4) is 0 Å². The van der Waals surface area contributed by atoms with E-state index in [2.05, 4.69) is 17.1 Å². The van der Waals surface area contributed by atoms with Gasteiger partial charge >= 0.3 is 0 Å². The van der Waals surface area contributed by atoms with Crippen LogP contribution in [0.4, 0.5) is 0 Å². The van der Waals surface area contributed by atoms with Crippen LogP contribution >= 0.6 is 0 Å². The fraction of sp³-hybridized carbons (Fsp3) is 0.923. The number of nitrogens with one attached hydrogen (secondary N) is 1. The highest BCUT2D eigenvalue weighted by Crippen LogP contribution is 2.14. The van der Waals surface area contributed by atoms with Crippen molar-refractivity contribution < 1.29 is 9.53 Å². The van der Waals surface area contributed by atoms with Crippen LogP contribution in [0.25, 0.3) is 0 Å². The van der Waals surface area contributed by atoms with E-state index < -0.39 is 0 Å². The number of hydrogen-bond donors (Lipinski definition) is 1. The van der Waals surface area contributed by atoms with Crippen LogP contribution in [-0.2, 0) is 9.53 Å². The second-order valence-electron chi connectivity index (χ2n) is 5.34. The zero-order valence-corrected chi connectivity index (χ0v) is 10.8. The quantitative estimate of drug-likeness (QED) is 0.797. The summed E-state index contributed by atoms with van der Waals surface area (Å²) in [7, 11) is 0. The lowest BCUT2D eigenvalue weighted by molar-refractivity contribution is -0.130. The maximum absolute atomic E-state index is 11.7. The van der Waals surface area contributed by atoms with E-state index in [9.17, 15) is 4.79 Å². The molecule has 2 fully saturated rings. The first-order valence-corrected chi connectivity index (χ1v) is 6.87. The molecule has 0 saturated carbocycles. The van der Waals surface area contributed by atoms with Crippen molar-refractivity contribution in [3.05, 3.63) is 0 Å². The molecular formula is C13H24N2O2. The molecule has 0 aliphatic carbocycles. The van der Waals surface area contributed by atoms with Gasteiger partial charge in [-0.25, -0.2) is 0 Å². The first-order valence-electron chi connectivity index (χ1n) is 6.87. The molecule has 0 spiro atoms. The van der Waals surface area contributed by atoms with Crippen LogP contribution in [0.1, 0.15) is 32.6 Å². The van der Waals surface area contributed by atoms with Gasteiger partial charge in [-0.2, -0.15) is 0 Å². The molecule has 0 aromatic carbocycles. The van der Waals surface area contributed by atoms with E-state index in [1.165, 1.54) is 25.9 Å². The minimum Gasteiger partial charge on any atom is -0.368 e. The maximum atomic E-state index is 11.7. The summed E-state index contributed by atoms with van der Waals surface area (Å²) < 4.78 is 5.35. The summed E-state index contributed by atoms with van der Waals surface area (Å²) in [5, 5.41) is 2.98. The third-order valence-corrected chi connectivity index (χ3v) is 3.69. The van der Waals surface area contributed by atoms with Gasteiger partial charge < -0.3 is 15.0 Å². The number of hydrogen-bond acceptors (Lipinski definition) is 3. The summed E-state index contributed by atoms with van der Waals surface area (Å²) in [4.78, 5) is 14.1. The molecule has 0 aromatic rings. The molecule has 0 bridgehead atoms. The molecular weight excluding hydrogens is 216 g/mol. The Bertz CT molecular complexity index is 252. The Balaban J connectivity index is 1.60. The summed E-state index contributed by atoms with van der Waals surface area (Å²) in [5.74, 6) is 0.880. The van der Waals surface area contributed by atoms with E-state index >= 15 is 0 Å². The van der Waals surface area contributed by atoms with E-state index in [1.54, 1.807) is 0 Å². The normalized spacial score (nSPS) is 30.4. The molecule has 1 amide bonds. The highest BCUT2D eigenvalue weighted by molar-refractivity contribution is 5.80. The minimum absolute atomic E-state index is 0.0764. The number of likely N-dealkylation sites (tertiary alicyclic amines) is 1. The van der Waals surface area contributed by atoms with Gasteiger partial charge in [-0.15, -0.1) is 0 Å². The number of carbonyl (C=O) groups excluding carboxylic acids is 1. The van der Waals surface area contributed by atoms with E-state index in [0.717, 1.165) is 38.5 Å². The van der Waals surface area contributed by atoms with Gasteiger partial charge in [0.25, 0.3) is 0 Å². The third-order valence-electron chi connectivity index (χ3n) is 3.69. The zero-order valence-electron chi connectivity index (χ0n) is 10.8. The van der Waals surface area contributed by atoms with Gasteiger partial charge in [0.2, 0.25) is 5.91 Å². The largest absolute Gasteiger partial charge is 0.368 e. The lowest BCUT2D eigenvalue weighted by atomic mass is 10.0. The first kappa shape index (κ1) is 12.8. The Labute approximate surface area is 104 Å². The van der Waals surface area contributed by atoms with E-state index in [-0.39, 0.29) is 12.0 Å². The number of carbonyl (C=O) groups is 1. The van der Waals surface area contributed by atoms with Crippen LogP contribution in [0.5, 0.6) is 0 Å². The third kappa shape index (κ3) is 3.96. The standard InChI is InChI=1S/C13H24N2O2/c1-11-4-2-7-15(10-11)8-6-14-13(16)12-5-3-9-17-12/h11-12H,2-10H2,1H3,(H,14,16)/t11-,12+/m1/s1. The van der Waals surface area contributed by atoms with Crippen molar-refractivity contribution >= 4 is 5.91 Å². The Morgan fingerprint density at radius 3 is 3.00 bits per heavy atom. The fourth-order valence-corrected chi connectivity index (χ4v) is 2.73. The molecule has 2 heterocycles. The van der Waals surface area contributed by atoms with Gasteiger partial charge in [0, 0.05) is 26.2 Å². The summed E-state index contributed by atoms with van der Waals surface area (Å²) >= 11 is 0. The van der Waals surface area contributed by atoms with Gasteiger partial charge in [-0.3, -0.25) is 4.79 Å². The first-order chi connectivity index (χ1) is 8.25. The lowest BCUT2D eigenvalue weighted by Gasteiger charge is -2.30. The average molecular weight is 240 g/mol. The highest BCUT2D eigenvalue weighted by atomic mass is 16.5. The number of nitrogens with zero attached hydrogens (tertiary/aromatic N) is 1. The molecule has 0 radical (unpaired) electrons. The van der Waals surface area contributed by atoms with Crippen LogP contribution in [0.2, 0.25) is 0 Å². The van der Waals surface area contributed by atoms with Crippen LogP contribution in [0.15, 0.2) is 0 Å². The number of amides is 1. The highest BCUT2D eigenvalue weighted by Gasteiger charge is 2.23. The number of rotatable bonds is 4. The molecule has 0 aromatic heterocycles. The van der Waals surface area contributed by atoms with E-state index in [0.29, 0.717) is 0 Å². The molecule has 2 aliphatic heterocycles. The van der Waals surface area contributed by atoms with Crippen LogP contribution < -0.4 is 5.32 Å². The van der Waals surface area contributed by atoms with Gasteiger partial charge in [0.1, 0.15) is 6.10 Å². The maximum Gasteiger partial charge on any atom is 0.249 e. The summed E-state index contributed by atoms with van der Waals surface area (Å²) in [5.41, 5.74) is 0. The van der Waals surface area contributed by atoms with Crippen molar-refractivity contribution in [2.45, 2.75) is 38.7 Å². The van der Waals surface area contributed by atoms with Crippen molar-refractivity contribution in [1.29, 1.82) is 0 Å². The van der Waals surface area contributed by atoms with Crippen LogP contribution in [0.3, 0.4) is 0 Å². The van der Waals surface area contributed by atoms with Gasteiger partial charge in [-0.1, -0.05) is 6.92 Å². The predicted molar refractivity (Wildman–Crippen MR) is 66.8 cm³/mol. The molecule has 2 saturated heterocycles. The van der Waals surface area contributed by atoms with Crippen LogP contribution in [0, 0.1) is 5.92 Å². The van der Waals surface area contributed by atoms with E-state index in [4.69, 9.17) is 4.74 Å². The Morgan fingerprint density at radius 2 is 2.29 bits per heavy atom. The number of piperidine rings is 1. The fourth-order valence-electron chi connectivity index (χ4n) is 2.73. The Hall–Kier alpha value is -0.610. The predicted octanol–water partition coefficient (Wildman–Crippen LogP) is 1.01.